The van der Waals surface area contributed by atoms with Gasteiger partial charge >= 0.3 is 0 Å². The number of amides is 1. The molecule has 1 aliphatic carbocycles. The lowest BCUT2D eigenvalue weighted by Crippen LogP contribution is -2.44. The van der Waals surface area contributed by atoms with Gasteiger partial charge in [-0.15, -0.1) is 0 Å². The zero-order chi connectivity index (χ0) is 15.6. The summed E-state index contributed by atoms with van der Waals surface area (Å²) in [4.78, 5) is 15.2. The first-order chi connectivity index (χ1) is 10.7. The molecule has 3 nitrogen and oxygen atoms in total. The van der Waals surface area contributed by atoms with Crippen molar-refractivity contribution in [1.82, 2.24) is 10.2 Å². The summed E-state index contributed by atoms with van der Waals surface area (Å²) in [6.45, 7) is 5.11. The highest BCUT2D eigenvalue weighted by Crippen LogP contribution is 2.51. The molecule has 2 fully saturated rings. The maximum Gasteiger partial charge on any atom is 0.233 e. The number of nitrogens with one attached hydrogen (secondary N) is 1. The molecule has 1 N–H and O–H groups in total. The van der Waals surface area contributed by atoms with Gasteiger partial charge in [-0.2, -0.15) is 0 Å². The molecular formula is C19H28N2O. The van der Waals surface area contributed by atoms with E-state index in [0.29, 0.717) is 5.91 Å². The van der Waals surface area contributed by atoms with Gasteiger partial charge in [0.2, 0.25) is 5.91 Å². The van der Waals surface area contributed by atoms with Gasteiger partial charge in [-0.1, -0.05) is 24.3 Å². The summed E-state index contributed by atoms with van der Waals surface area (Å²) in [6.07, 6.45) is 5.61. The van der Waals surface area contributed by atoms with E-state index in [2.05, 4.69) is 41.4 Å². The van der Waals surface area contributed by atoms with Crippen molar-refractivity contribution in [2.45, 2.75) is 44.4 Å². The molecule has 1 aromatic rings. The van der Waals surface area contributed by atoms with Crippen LogP contribution in [0.25, 0.3) is 0 Å². The first-order valence-electron chi connectivity index (χ1n) is 8.67. The highest BCUT2D eigenvalue weighted by molar-refractivity contribution is 5.91. The van der Waals surface area contributed by atoms with E-state index in [0.717, 1.165) is 51.2 Å². The van der Waals surface area contributed by atoms with Crippen molar-refractivity contribution in [3.8, 4) is 0 Å². The van der Waals surface area contributed by atoms with Crippen LogP contribution in [0.3, 0.4) is 0 Å². The molecule has 1 aliphatic heterocycles. The zero-order valence-electron chi connectivity index (χ0n) is 13.9. The van der Waals surface area contributed by atoms with Crippen molar-refractivity contribution >= 4 is 5.91 Å². The van der Waals surface area contributed by atoms with Crippen molar-refractivity contribution in [3.05, 3.63) is 35.4 Å². The summed E-state index contributed by atoms with van der Waals surface area (Å²) in [5, 5.41) is 3.23. The van der Waals surface area contributed by atoms with Crippen LogP contribution in [-0.4, -0.2) is 37.5 Å². The van der Waals surface area contributed by atoms with E-state index in [-0.39, 0.29) is 5.41 Å². The average Bonchev–Trinajstić information content (AvgIpc) is 3.35. The van der Waals surface area contributed by atoms with Gasteiger partial charge in [0.1, 0.15) is 0 Å². The third kappa shape index (κ3) is 2.91. The molecule has 0 radical (unpaired) electrons. The molecule has 3 rings (SSSR count). The largest absolute Gasteiger partial charge is 0.342 e. The summed E-state index contributed by atoms with van der Waals surface area (Å²) < 4.78 is 0. The summed E-state index contributed by atoms with van der Waals surface area (Å²) in [6, 6.07) is 8.42. The number of carbonyl (C=O) groups excluding carboxylic acids is 1. The van der Waals surface area contributed by atoms with Crippen LogP contribution in [0, 0.1) is 12.8 Å². The van der Waals surface area contributed by atoms with Gasteiger partial charge < -0.3 is 10.2 Å². The molecule has 0 aromatic heterocycles. The standard InChI is InChI=1S/C19H28N2O/c1-15-5-3-4-6-17(15)19(10-11-19)18(22)21-13-8-16(9-14-21)7-12-20-2/h3-6,16,20H,7-14H2,1-2H3. The number of benzene rings is 1. The molecule has 2 aliphatic rings. The van der Waals surface area contributed by atoms with E-state index < -0.39 is 0 Å². The zero-order valence-corrected chi connectivity index (χ0v) is 13.9. The fraction of sp³-hybridized carbons (Fsp3) is 0.632. The van der Waals surface area contributed by atoms with Crippen LogP contribution in [-0.2, 0) is 10.2 Å². The molecule has 1 amide bonds. The van der Waals surface area contributed by atoms with E-state index in [1.54, 1.807) is 0 Å². The minimum atomic E-state index is -0.191. The molecule has 1 aromatic carbocycles. The maximum absolute atomic E-state index is 13.1. The lowest BCUT2D eigenvalue weighted by atomic mass is 9.88. The van der Waals surface area contributed by atoms with E-state index in [9.17, 15) is 4.79 Å². The Balaban J connectivity index is 1.64. The van der Waals surface area contributed by atoms with Crippen LogP contribution in [0.15, 0.2) is 24.3 Å². The van der Waals surface area contributed by atoms with E-state index >= 15 is 0 Å². The number of hydrogen-bond donors (Lipinski definition) is 1. The smallest absolute Gasteiger partial charge is 0.233 e. The van der Waals surface area contributed by atoms with E-state index in [1.165, 1.54) is 17.5 Å². The Morgan fingerprint density at radius 1 is 1.27 bits per heavy atom. The highest BCUT2D eigenvalue weighted by atomic mass is 16.2. The van der Waals surface area contributed by atoms with Gasteiger partial charge in [0, 0.05) is 13.1 Å². The molecule has 22 heavy (non-hydrogen) atoms. The molecule has 0 unspecified atom stereocenters. The van der Waals surface area contributed by atoms with Crippen molar-refractivity contribution in [3.63, 3.8) is 0 Å². The van der Waals surface area contributed by atoms with Gasteiger partial charge in [0.25, 0.3) is 0 Å². The second-order valence-electron chi connectivity index (χ2n) is 7.02. The molecule has 0 atom stereocenters. The predicted octanol–water partition coefficient (Wildman–Crippen LogP) is 2.87. The quantitative estimate of drug-likeness (QED) is 0.907. The van der Waals surface area contributed by atoms with Gasteiger partial charge in [0.05, 0.1) is 5.41 Å². The predicted molar refractivity (Wildman–Crippen MR) is 89.9 cm³/mol. The summed E-state index contributed by atoms with van der Waals surface area (Å²) in [5.74, 6) is 1.17. The Hall–Kier alpha value is -1.35. The molecule has 1 heterocycles. The van der Waals surface area contributed by atoms with Crippen molar-refractivity contribution in [1.29, 1.82) is 0 Å². The Morgan fingerprint density at radius 3 is 2.55 bits per heavy atom. The fourth-order valence-electron chi connectivity index (χ4n) is 3.91. The number of nitrogens with zero attached hydrogens (tertiary/aromatic N) is 1. The topological polar surface area (TPSA) is 32.3 Å². The highest BCUT2D eigenvalue weighted by Gasteiger charge is 2.53. The molecule has 1 saturated heterocycles. The van der Waals surface area contributed by atoms with Crippen LogP contribution in [0.4, 0.5) is 0 Å². The third-order valence-electron chi connectivity index (χ3n) is 5.52. The lowest BCUT2D eigenvalue weighted by molar-refractivity contribution is -0.135. The number of piperidine rings is 1. The van der Waals surface area contributed by atoms with Gasteiger partial charge in [-0.25, -0.2) is 0 Å². The Bertz CT molecular complexity index is 528. The number of likely N-dealkylation sites (tertiary alicyclic amines) is 1. The van der Waals surface area contributed by atoms with Crippen LogP contribution in [0.2, 0.25) is 0 Å². The molecule has 0 spiro atoms. The normalized spacial score (nSPS) is 20.9. The number of rotatable bonds is 5. The van der Waals surface area contributed by atoms with Gasteiger partial charge in [0.15, 0.2) is 0 Å². The van der Waals surface area contributed by atoms with Crippen molar-refractivity contribution in [2.24, 2.45) is 5.92 Å². The van der Waals surface area contributed by atoms with Gasteiger partial charge in [-0.05, 0) is 69.7 Å². The molecule has 3 heteroatoms. The van der Waals surface area contributed by atoms with Crippen LogP contribution >= 0.6 is 0 Å². The fourth-order valence-corrected chi connectivity index (χ4v) is 3.91. The maximum atomic E-state index is 13.1. The monoisotopic (exact) mass is 300 g/mol. The lowest BCUT2D eigenvalue weighted by Gasteiger charge is -2.35. The Kier molecular flexibility index (Phi) is 4.53. The molecule has 1 saturated carbocycles. The second kappa shape index (κ2) is 6.41. The minimum absolute atomic E-state index is 0.191. The summed E-state index contributed by atoms with van der Waals surface area (Å²) in [7, 11) is 2.01. The van der Waals surface area contributed by atoms with Crippen LogP contribution < -0.4 is 5.32 Å². The number of hydrogen-bond acceptors (Lipinski definition) is 2. The Labute approximate surface area is 134 Å². The molecule has 120 valence electrons. The second-order valence-corrected chi connectivity index (χ2v) is 7.02. The number of carbonyl (C=O) groups is 1. The van der Waals surface area contributed by atoms with Crippen molar-refractivity contribution < 1.29 is 4.79 Å². The van der Waals surface area contributed by atoms with E-state index in [1.807, 2.05) is 7.05 Å². The Morgan fingerprint density at radius 2 is 1.95 bits per heavy atom. The third-order valence-corrected chi connectivity index (χ3v) is 5.52. The van der Waals surface area contributed by atoms with E-state index in [4.69, 9.17) is 0 Å². The summed E-state index contributed by atoms with van der Waals surface area (Å²) in [5.41, 5.74) is 2.33. The van der Waals surface area contributed by atoms with Crippen LogP contribution in [0.5, 0.6) is 0 Å². The summed E-state index contributed by atoms with van der Waals surface area (Å²) >= 11 is 0. The molecule has 0 bridgehead atoms. The minimum Gasteiger partial charge on any atom is -0.342 e. The first kappa shape index (κ1) is 15.5. The first-order valence-corrected chi connectivity index (χ1v) is 8.67. The van der Waals surface area contributed by atoms with Crippen molar-refractivity contribution in [2.75, 3.05) is 26.7 Å². The van der Waals surface area contributed by atoms with Gasteiger partial charge in [-0.3, -0.25) is 4.79 Å². The average molecular weight is 300 g/mol. The van der Waals surface area contributed by atoms with Crippen LogP contribution in [0.1, 0.15) is 43.2 Å². The SMILES string of the molecule is CNCCC1CCN(C(=O)C2(c3ccccc3C)CC2)CC1. The molecular weight excluding hydrogens is 272 g/mol. The number of aryl methyl sites for hydroxylation is 1.